The van der Waals surface area contributed by atoms with Gasteiger partial charge in [0, 0.05) is 12.3 Å². The molecule has 3 aromatic rings. The van der Waals surface area contributed by atoms with E-state index < -0.39 is 0 Å². The number of hydrogen-bond acceptors (Lipinski definition) is 6. The molecule has 0 fully saturated rings. The number of hydrogen-bond donors (Lipinski definition) is 0. The van der Waals surface area contributed by atoms with Crippen molar-refractivity contribution in [2.75, 3.05) is 20.3 Å². The summed E-state index contributed by atoms with van der Waals surface area (Å²) in [6.07, 6.45) is 1.66. The van der Waals surface area contributed by atoms with Crippen LogP contribution in [0, 0.1) is 0 Å². The van der Waals surface area contributed by atoms with Crippen LogP contribution in [0.1, 0.15) is 0 Å². The fourth-order valence-corrected chi connectivity index (χ4v) is 1.81. The van der Waals surface area contributed by atoms with E-state index in [1.807, 2.05) is 30.3 Å². The second kappa shape index (κ2) is 6.08. The van der Waals surface area contributed by atoms with Crippen LogP contribution < -0.4 is 14.3 Å². The van der Waals surface area contributed by atoms with Crippen LogP contribution in [0.4, 0.5) is 0 Å². The van der Waals surface area contributed by atoms with E-state index >= 15 is 0 Å². The van der Waals surface area contributed by atoms with Crippen molar-refractivity contribution in [3.8, 4) is 11.5 Å². The third-order valence-corrected chi connectivity index (χ3v) is 2.79. The SMILES string of the molecule is COc1cccc(OCCOn2nnc3cccnc32)c1. The molecule has 0 N–H and O–H groups in total. The monoisotopic (exact) mass is 286 g/mol. The van der Waals surface area contributed by atoms with Crippen LogP contribution in [0.5, 0.6) is 11.5 Å². The number of methoxy groups -OCH3 is 1. The summed E-state index contributed by atoms with van der Waals surface area (Å²) >= 11 is 0. The van der Waals surface area contributed by atoms with Gasteiger partial charge in [-0.15, -0.1) is 5.10 Å². The Morgan fingerprint density at radius 2 is 2.00 bits per heavy atom. The molecule has 0 unspecified atom stereocenters. The van der Waals surface area contributed by atoms with Gasteiger partial charge in [-0.1, -0.05) is 10.9 Å². The minimum absolute atomic E-state index is 0.326. The molecule has 7 heteroatoms. The van der Waals surface area contributed by atoms with Gasteiger partial charge in [0.05, 0.1) is 7.11 Å². The third kappa shape index (κ3) is 3.02. The first-order valence-corrected chi connectivity index (χ1v) is 6.43. The Kier molecular flexibility index (Phi) is 3.81. The first kappa shape index (κ1) is 13.2. The molecule has 0 saturated heterocycles. The summed E-state index contributed by atoms with van der Waals surface area (Å²) in [6, 6.07) is 11.0. The standard InChI is InChI=1S/C14H14N4O3/c1-19-11-4-2-5-12(10-11)20-8-9-21-18-14-13(16-17-18)6-3-7-15-14/h2-7,10H,8-9H2,1H3. The van der Waals surface area contributed by atoms with Crippen LogP contribution in [-0.2, 0) is 0 Å². The minimum Gasteiger partial charge on any atom is -0.497 e. The van der Waals surface area contributed by atoms with E-state index in [0.717, 1.165) is 11.5 Å². The maximum Gasteiger partial charge on any atom is 0.219 e. The van der Waals surface area contributed by atoms with Gasteiger partial charge in [-0.2, -0.15) is 0 Å². The normalized spacial score (nSPS) is 10.5. The Hall–Kier alpha value is -2.83. The van der Waals surface area contributed by atoms with Gasteiger partial charge in [0.15, 0.2) is 6.61 Å². The highest BCUT2D eigenvalue weighted by Gasteiger charge is 2.05. The van der Waals surface area contributed by atoms with E-state index in [1.165, 1.54) is 4.85 Å². The summed E-state index contributed by atoms with van der Waals surface area (Å²) in [5.74, 6) is 1.47. The zero-order chi connectivity index (χ0) is 14.5. The van der Waals surface area contributed by atoms with Crippen molar-refractivity contribution in [1.82, 2.24) is 20.1 Å². The molecule has 2 heterocycles. The molecule has 0 spiro atoms. The van der Waals surface area contributed by atoms with Crippen LogP contribution in [-0.4, -0.2) is 40.5 Å². The molecule has 0 aliphatic carbocycles. The predicted molar refractivity (Wildman–Crippen MR) is 75.3 cm³/mol. The van der Waals surface area contributed by atoms with E-state index in [1.54, 1.807) is 19.4 Å². The molecule has 0 aliphatic heterocycles. The summed E-state index contributed by atoms with van der Waals surface area (Å²) in [5.41, 5.74) is 1.27. The summed E-state index contributed by atoms with van der Waals surface area (Å²) in [4.78, 5) is 10.9. The Morgan fingerprint density at radius 1 is 1.10 bits per heavy atom. The molecule has 108 valence electrons. The Labute approximate surface area is 121 Å². The van der Waals surface area contributed by atoms with Gasteiger partial charge in [0.2, 0.25) is 5.65 Å². The van der Waals surface area contributed by atoms with Crippen molar-refractivity contribution in [2.24, 2.45) is 0 Å². The predicted octanol–water partition coefficient (Wildman–Crippen LogP) is 1.34. The number of fused-ring (bicyclic) bond motifs is 1. The van der Waals surface area contributed by atoms with Gasteiger partial charge >= 0.3 is 0 Å². The molecular weight excluding hydrogens is 272 g/mol. The topological polar surface area (TPSA) is 71.3 Å². The van der Waals surface area contributed by atoms with Crippen molar-refractivity contribution >= 4 is 11.2 Å². The van der Waals surface area contributed by atoms with Crippen LogP contribution in [0.25, 0.3) is 11.2 Å². The van der Waals surface area contributed by atoms with Crippen LogP contribution in [0.3, 0.4) is 0 Å². The zero-order valence-electron chi connectivity index (χ0n) is 11.5. The summed E-state index contributed by atoms with van der Waals surface area (Å²) in [5, 5.41) is 7.82. The Morgan fingerprint density at radius 3 is 2.90 bits per heavy atom. The highest BCUT2D eigenvalue weighted by Crippen LogP contribution is 2.18. The lowest BCUT2D eigenvalue weighted by Gasteiger charge is -2.08. The number of aromatic nitrogens is 4. The van der Waals surface area contributed by atoms with E-state index in [9.17, 15) is 0 Å². The van der Waals surface area contributed by atoms with E-state index in [4.69, 9.17) is 14.3 Å². The molecule has 2 aromatic heterocycles. The first-order valence-electron chi connectivity index (χ1n) is 6.43. The van der Waals surface area contributed by atoms with Crippen molar-refractivity contribution < 1.29 is 14.3 Å². The largest absolute Gasteiger partial charge is 0.497 e. The molecule has 0 atom stereocenters. The van der Waals surface area contributed by atoms with Gasteiger partial charge in [-0.25, -0.2) is 4.98 Å². The van der Waals surface area contributed by atoms with Gasteiger partial charge in [-0.05, 0) is 29.5 Å². The quantitative estimate of drug-likeness (QED) is 0.637. The average Bonchev–Trinajstić information content (AvgIpc) is 2.95. The van der Waals surface area contributed by atoms with Crippen LogP contribution in [0.2, 0.25) is 0 Å². The van der Waals surface area contributed by atoms with E-state index in [2.05, 4.69) is 15.3 Å². The molecule has 0 amide bonds. The van der Waals surface area contributed by atoms with Gasteiger partial charge in [0.25, 0.3) is 0 Å². The lowest BCUT2D eigenvalue weighted by atomic mass is 10.3. The lowest BCUT2D eigenvalue weighted by Crippen LogP contribution is -2.19. The van der Waals surface area contributed by atoms with Crippen molar-refractivity contribution in [1.29, 1.82) is 0 Å². The van der Waals surface area contributed by atoms with Gasteiger partial charge < -0.3 is 14.3 Å². The molecule has 21 heavy (non-hydrogen) atoms. The first-order chi connectivity index (χ1) is 10.4. The second-order valence-electron chi connectivity index (χ2n) is 4.17. The highest BCUT2D eigenvalue weighted by atomic mass is 16.7. The summed E-state index contributed by atoms with van der Waals surface area (Å²) in [7, 11) is 1.62. The lowest BCUT2D eigenvalue weighted by molar-refractivity contribution is 0.0629. The number of ether oxygens (including phenoxy) is 2. The van der Waals surface area contributed by atoms with Gasteiger partial charge in [0.1, 0.15) is 23.6 Å². The average molecular weight is 286 g/mol. The fraction of sp³-hybridized carbons (Fsp3) is 0.214. The molecule has 0 aliphatic rings. The molecule has 3 rings (SSSR count). The van der Waals surface area contributed by atoms with E-state index in [-0.39, 0.29) is 0 Å². The smallest absolute Gasteiger partial charge is 0.219 e. The molecule has 0 bridgehead atoms. The van der Waals surface area contributed by atoms with E-state index in [0.29, 0.717) is 24.4 Å². The third-order valence-electron chi connectivity index (χ3n) is 2.79. The fourth-order valence-electron chi connectivity index (χ4n) is 1.81. The Balaban J connectivity index is 1.54. The molecule has 0 radical (unpaired) electrons. The maximum atomic E-state index is 5.57. The van der Waals surface area contributed by atoms with Gasteiger partial charge in [-0.3, -0.25) is 0 Å². The van der Waals surface area contributed by atoms with Crippen LogP contribution in [0.15, 0.2) is 42.6 Å². The second-order valence-corrected chi connectivity index (χ2v) is 4.17. The Bertz CT molecular complexity index is 729. The number of rotatable bonds is 6. The van der Waals surface area contributed by atoms with Crippen molar-refractivity contribution in [3.05, 3.63) is 42.6 Å². The van der Waals surface area contributed by atoms with Crippen LogP contribution >= 0.6 is 0 Å². The zero-order valence-corrected chi connectivity index (χ0v) is 11.5. The highest BCUT2D eigenvalue weighted by molar-refractivity contribution is 5.68. The number of nitrogens with zero attached hydrogens (tertiary/aromatic N) is 4. The minimum atomic E-state index is 0.326. The molecule has 1 aromatic carbocycles. The molecule has 7 nitrogen and oxygen atoms in total. The molecular formula is C14H14N4O3. The molecule has 0 saturated carbocycles. The number of pyridine rings is 1. The number of benzene rings is 1. The maximum absolute atomic E-state index is 5.57. The summed E-state index contributed by atoms with van der Waals surface area (Å²) < 4.78 is 10.7. The summed E-state index contributed by atoms with van der Waals surface area (Å²) in [6.45, 7) is 0.702. The van der Waals surface area contributed by atoms with Crippen molar-refractivity contribution in [2.45, 2.75) is 0 Å². The van der Waals surface area contributed by atoms with Crippen molar-refractivity contribution in [3.63, 3.8) is 0 Å².